The smallest absolute Gasteiger partial charge is 0.225 e. The third kappa shape index (κ3) is 6.54. The molecule has 0 bridgehead atoms. The third-order valence-corrected chi connectivity index (χ3v) is 7.71. The Morgan fingerprint density at radius 1 is 0.587 bits per heavy atom. The average molecular weight is 617 g/mol. The predicted molar refractivity (Wildman–Crippen MR) is 184 cm³/mol. The van der Waals surface area contributed by atoms with Crippen molar-refractivity contribution in [2.45, 2.75) is 6.10 Å². The molecule has 0 saturated carbocycles. The Bertz CT molecular complexity index is 1800. The van der Waals surface area contributed by atoms with Gasteiger partial charge in [-0.05, 0) is 72.8 Å². The molecule has 11 nitrogen and oxygen atoms in total. The van der Waals surface area contributed by atoms with E-state index in [1.807, 2.05) is 121 Å². The standard InChI is InChI=1S/C35H36N8O3/c1-42(23-13-17-26(45-3)18-14-23)32-28-9-5-7-11-30(28)38-34(40-32)36-21-25(44)22-37-35-39-31-12-8-6-10-29(31)33(41-35)43(2)24-15-19-27(46-4)20-16-24/h5-20,25,44H,21-22H2,1-4H3,(H,36,38,40)(H,37,39,41). The first-order chi connectivity index (χ1) is 22.4. The maximum absolute atomic E-state index is 10.9. The summed E-state index contributed by atoms with van der Waals surface area (Å²) in [4.78, 5) is 23.0. The summed E-state index contributed by atoms with van der Waals surface area (Å²) in [6.07, 6.45) is -0.782. The van der Waals surface area contributed by atoms with Crippen molar-refractivity contribution >= 4 is 56.7 Å². The Kier molecular flexibility index (Phi) is 8.93. The lowest BCUT2D eigenvalue weighted by atomic mass is 10.2. The zero-order valence-electron chi connectivity index (χ0n) is 26.2. The van der Waals surface area contributed by atoms with Gasteiger partial charge < -0.3 is 35.0 Å². The molecule has 234 valence electrons. The molecule has 0 atom stereocenters. The molecule has 0 aliphatic heterocycles. The summed E-state index contributed by atoms with van der Waals surface area (Å²) in [5.74, 6) is 3.87. The highest BCUT2D eigenvalue weighted by Gasteiger charge is 2.16. The molecular formula is C35H36N8O3. The predicted octanol–water partition coefficient (Wildman–Crippen LogP) is 6.01. The van der Waals surface area contributed by atoms with Gasteiger partial charge in [-0.2, -0.15) is 9.97 Å². The van der Waals surface area contributed by atoms with E-state index >= 15 is 0 Å². The van der Waals surface area contributed by atoms with Crippen LogP contribution in [0.2, 0.25) is 0 Å². The molecule has 0 aliphatic carbocycles. The number of ether oxygens (including phenoxy) is 2. The molecule has 3 N–H and O–H groups in total. The average Bonchev–Trinajstić information content (AvgIpc) is 3.11. The molecule has 0 amide bonds. The van der Waals surface area contributed by atoms with E-state index in [9.17, 15) is 5.11 Å². The van der Waals surface area contributed by atoms with Crippen molar-refractivity contribution in [2.75, 3.05) is 61.8 Å². The highest BCUT2D eigenvalue weighted by atomic mass is 16.5. The number of anilines is 6. The van der Waals surface area contributed by atoms with Crippen LogP contribution in [0, 0.1) is 0 Å². The molecule has 0 spiro atoms. The van der Waals surface area contributed by atoms with Crippen molar-refractivity contribution in [3.63, 3.8) is 0 Å². The summed E-state index contributed by atoms with van der Waals surface area (Å²) in [7, 11) is 7.21. The largest absolute Gasteiger partial charge is 0.497 e. The van der Waals surface area contributed by atoms with Crippen molar-refractivity contribution in [1.82, 2.24) is 19.9 Å². The maximum Gasteiger partial charge on any atom is 0.225 e. The lowest BCUT2D eigenvalue weighted by molar-refractivity contribution is 0.200. The minimum Gasteiger partial charge on any atom is -0.497 e. The summed E-state index contributed by atoms with van der Waals surface area (Å²) in [6, 6.07) is 31.3. The summed E-state index contributed by atoms with van der Waals surface area (Å²) in [6.45, 7) is 0.423. The van der Waals surface area contributed by atoms with Gasteiger partial charge >= 0.3 is 0 Å². The minimum atomic E-state index is -0.782. The zero-order chi connectivity index (χ0) is 32.0. The van der Waals surface area contributed by atoms with Gasteiger partial charge in [0.25, 0.3) is 0 Å². The number of nitrogens with zero attached hydrogens (tertiary/aromatic N) is 6. The van der Waals surface area contributed by atoms with Gasteiger partial charge in [0.1, 0.15) is 23.1 Å². The van der Waals surface area contributed by atoms with E-state index in [4.69, 9.17) is 29.4 Å². The third-order valence-electron chi connectivity index (χ3n) is 7.71. The highest BCUT2D eigenvalue weighted by Crippen LogP contribution is 2.32. The van der Waals surface area contributed by atoms with Crippen molar-refractivity contribution in [3.8, 4) is 11.5 Å². The molecule has 11 heteroatoms. The van der Waals surface area contributed by atoms with Crippen LogP contribution in [-0.4, -0.2) is 72.6 Å². The quantitative estimate of drug-likeness (QED) is 0.150. The molecule has 46 heavy (non-hydrogen) atoms. The van der Waals surface area contributed by atoms with E-state index in [0.29, 0.717) is 11.9 Å². The van der Waals surface area contributed by atoms with Gasteiger partial charge in [0.05, 0.1) is 31.4 Å². The van der Waals surface area contributed by atoms with Crippen LogP contribution in [0.1, 0.15) is 0 Å². The van der Waals surface area contributed by atoms with Crippen LogP contribution in [0.3, 0.4) is 0 Å². The number of aliphatic hydroxyl groups is 1. The highest BCUT2D eigenvalue weighted by molar-refractivity contribution is 5.93. The Labute approximate surface area is 267 Å². The Morgan fingerprint density at radius 3 is 1.37 bits per heavy atom. The van der Waals surface area contributed by atoms with E-state index in [1.54, 1.807) is 14.2 Å². The van der Waals surface area contributed by atoms with E-state index in [-0.39, 0.29) is 13.1 Å². The fraction of sp³-hybridized carbons (Fsp3) is 0.200. The van der Waals surface area contributed by atoms with E-state index < -0.39 is 6.10 Å². The van der Waals surface area contributed by atoms with Gasteiger partial charge in [-0.15, -0.1) is 0 Å². The number of rotatable bonds is 12. The number of aliphatic hydroxyl groups excluding tert-OH is 1. The molecule has 6 rings (SSSR count). The van der Waals surface area contributed by atoms with Gasteiger partial charge in [-0.25, -0.2) is 9.97 Å². The number of para-hydroxylation sites is 2. The second-order valence-corrected chi connectivity index (χ2v) is 10.7. The molecule has 4 aromatic carbocycles. The summed E-state index contributed by atoms with van der Waals surface area (Å²) < 4.78 is 10.6. The second kappa shape index (κ2) is 13.5. The molecule has 0 radical (unpaired) electrons. The van der Waals surface area contributed by atoms with Gasteiger partial charge in [0.15, 0.2) is 0 Å². The van der Waals surface area contributed by atoms with Crippen molar-refractivity contribution in [1.29, 1.82) is 0 Å². The molecule has 0 saturated heterocycles. The number of aromatic nitrogens is 4. The molecule has 0 unspecified atom stereocenters. The summed E-state index contributed by atoms with van der Waals surface area (Å²) in [5, 5.41) is 19.2. The summed E-state index contributed by atoms with van der Waals surface area (Å²) >= 11 is 0. The van der Waals surface area contributed by atoms with Crippen LogP contribution in [0.4, 0.5) is 34.9 Å². The van der Waals surface area contributed by atoms with Crippen LogP contribution < -0.4 is 29.9 Å². The summed E-state index contributed by atoms with van der Waals surface area (Å²) in [5.41, 5.74) is 3.49. The van der Waals surface area contributed by atoms with E-state index in [2.05, 4.69) is 10.6 Å². The van der Waals surface area contributed by atoms with E-state index in [0.717, 1.165) is 56.3 Å². The monoisotopic (exact) mass is 616 g/mol. The van der Waals surface area contributed by atoms with Crippen LogP contribution >= 0.6 is 0 Å². The Hall–Kier alpha value is -5.68. The topological polar surface area (TPSA) is 121 Å². The molecule has 0 aliphatic rings. The number of hydrogen-bond acceptors (Lipinski definition) is 11. The van der Waals surface area contributed by atoms with Crippen molar-refractivity contribution < 1.29 is 14.6 Å². The molecular weight excluding hydrogens is 580 g/mol. The van der Waals surface area contributed by atoms with Gasteiger partial charge in [0, 0.05) is 49.3 Å². The van der Waals surface area contributed by atoms with Crippen molar-refractivity contribution in [2.24, 2.45) is 0 Å². The Balaban J connectivity index is 1.17. The second-order valence-electron chi connectivity index (χ2n) is 10.7. The fourth-order valence-corrected chi connectivity index (χ4v) is 5.14. The first-order valence-corrected chi connectivity index (χ1v) is 14.9. The fourth-order valence-electron chi connectivity index (χ4n) is 5.14. The first-order valence-electron chi connectivity index (χ1n) is 14.9. The number of benzene rings is 4. The van der Waals surface area contributed by atoms with Crippen LogP contribution in [0.5, 0.6) is 11.5 Å². The number of fused-ring (bicyclic) bond motifs is 2. The Morgan fingerprint density at radius 2 is 0.978 bits per heavy atom. The van der Waals surface area contributed by atoms with Gasteiger partial charge in [-0.3, -0.25) is 0 Å². The normalized spacial score (nSPS) is 11.1. The van der Waals surface area contributed by atoms with Crippen LogP contribution in [0.15, 0.2) is 97.1 Å². The number of methoxy groups -OCH3 is 2. The maximum atomic E-state index is 10.9. The molecule has 2 heterocycles. The SMILES string of the molecule is COc1ccc(N(C)c2nc(NCC(O)CNc3nc(N(C)c4ccc(OC)cc4)c4ccccc4n3)nc3ccccc23)cc1. The molecule has 6 aromatic rings. The molecule has 0 fully saturated rings. The first kappa shape index (κ1) is 30.4. The van der Waals surface area contributed by atoms with Gasteiger partial charge in [0.2, 0.25) is 11.9 Å². The van der Waals surface area contributed by atoms with Crippen LogP contribution in [0.25, 0.3) is 21.8 Å². The molecule has 2 aromatic heterocycles. The number of nitrogens with one attached hydrogen (secondary N) is 2. The van der Waals surface area contributed by atoms with Crippen LogP contribution in [-0.2, 0) is 0 Å². The zero-order valence-corrected chi connectivity index (χ0v) is 26.2. The van der Waals surface area contributed by atoms with Crippen molar-refractivity contribution in [3.05, 3.63) is 97.1 Å². The number of hydrogen-bond donors (Lipinski definition) is 3. The minimum absolute atomic E-state index is 0.212. The lowest BCUT2D eigenvalue weighted by Gasteiger charge is -2.22. The van der Waals surface area contributed by atoms with E-state index in [1.165, 1.54) is 0 Å². The van der Waals surface area contributed by atoms with Gasteiger partial charge in [-0.1, -0.05) is 24.3 Å². The lowest BCUT2D eigenvalue weighted by Crippen LogP contribution is -2.29.